The van der Waals surface area contributed by atoms with Crippen LogP contribution < -0.4 is 5.73 Å². The van der Waals surface area contributed by atoms with E-state index in [-0.39, 0.29) is 30.6 Å². The lowest BCUT2D eigenvalue weighted by atomic mass is 9.53. The van der Waals surface area contributed by atoms with Crippen molar-refractivity contribution in [3.63, 3.8) is 0 Å². The highest BCUT2D eigenvalue weighted by atomic mass is 16.3. The van der Waals surface area contributed by atoms with Gasteiger partial charge in [0.15, 0.2) is 34.7 Å². The van der Waals surface area contributed by atoms with E-state index in [0.717, 1.165) is 0 Å². The molecule has 4 rings (SSSR count). The molecule has 0 heterocycles. The average molecular weight is 451 g/mol. The van der Waals surface area contributed by atoms with Crippen LogP contribution in [0.4, 0.5) is 0 Å². The number of hydrogen-bond donors (Lipinski definition) is 3. The Morgan fingerprint density at radius 3 is 2.52 bits per heavy atom. The van der Waals surface area contributed by atoms with E-state index < -0.39 is 58.3 Å². The Bertz CT molecular complexity index is 1170. The molecule has 3 aliphatic carbocycles. The van der Waals surface area contributed by atoms with Crippen molar-refractivity contribution in [2.45, 2.75) is 45.1 Å². The van der Waals surface area contributed by atoms with Crippen LogP contribution in [0.1, 0.15) is 54.6 Å². The van der Waals surface area contributed by atoms with E-state index in [1.165, 1.54) is 6.07 Å². The lowest BCUT2D eigenvalue weighted by Crippen LogP contribution is -2.68. The molecule has 0 aromatic heterocycles. The lowest BCUT2D eigenvalue weighted by Gasteiger charge is -2.48. The normalized spacial score (nSPS) is 30.8. The standard InChI is InChI=1S/C25H25NO7/c1-11(2)4-3-5-12-6-7-16(27)19-15(12)9-13-8-14-10-17(28)20(24(26)32)23(31)25(14,33)22(30)18(13)21(19)29/h6-7,11,13-14,18,20,27,33H,4,8-10H2,1-2H3,(H2,26,32)/t13-,14+,18?,20?,25+/m1/s1. The Labute approximate surface area is 190 Å². The fourth-order valence-corrected chi connectivity index (χ4v) is 5.43. The third kappa shape index (κ3) is 3.39. The molecule has 0 saturated heterocycles. The Morgan fingerprint density at radius 2 is 1.88 bits per heavy atom. The topological polar surface area (TPSA) is 152 Å². The smallest absolute Gasteiger partial charge is 0.235 e. The highest BCUT2D eigenvalue weighted by molar-refractivity contribution is 6.31. The van der Waals surface area contributed by atoms with Gasteiger partial charge in [0.25, 0.3) is 0 Å². The second kappa shape index (κ2) is 7.92. The van der Waals surface area contributed by atoms with Crippen LogP contribution in [0, 0.1) is 41.4 Å². The molecule has 2 saturated carbocycles. The van der Waals surface area contributed by atoms with E-state index in [2.05, 4.69) is 11.8 Å². The number of Topliss-reactive ketones (excluding diaryl/α,β-unsaturated/α-hetero) is 4. The van der Waals surface area contributed by atoms with Gasteiger partial charge in [-0.25, -0.2) is 0 Å². The zero-order valence-corrected chi connectivity index (χ0v) is 18.4. The van der Waals surface area contributed by atoms with Gasteiger partial charge in [-0.05, 0) is 42.4 Å². The first kappa shape index (κ1) is 22.9. The van der Waals surface area contributed by atoms with Gasteiger partial charge in [-0.15, -0.1) is 0 Å². The average Bonchev–Trinajstić information content (AvgIpc) is 2.71. The Hall–Kier alpha value is -3.31. The maximum absolute atomic E-state index is 13.4. The zero-order chi connectivity index (χ0) is 24.2. The lowest BCUT2D eigenvalue weighted by molar-refractivity contribution is -0.175. The zero-order valence-electron chi connectivity index (χ0n) is 18.4. The number of rotatable bonds is 2. The highest BCUT2D eigenvalue weighted by Gasteiger charge is 2.66. The number of ketones is 4. The predicted octanol–water partition coefficient (Wildman–Crippen LogP) is 0.724. The van der Waals surface area contributed by atoms with Crippen LogP contribution >= 0.6 is 0 Å². The summed E-state index contributed by atoms with van der Waals surface area (Å²) < 4.78 is 0. The molecule has 1 amide bonds. The van der Waals surface area contributed by atoms with E-state index in [4.69, 9.17) is 5.73 Å². The molecular formula is C25H25NO7. The maximum atomic E-state index is 13.4. The summed E-state index contributed by atoms with van der Waals surface area (Å²) in [6, 6.07) is 2.97. The van der Waals surface area contributed by atoms with Gasteiger partial charge in [-0.2, -0.15) is 0 Å². The number of hydrogen-bond acceptors (Lipinski definition) is 7. The number of nitrogens with two attached hydrogens (primary N) is 1. The minimum absolute atomic E-state index is 0.0335. The van der Waals surface area contributed by atoms with Crippen molar-refractivity contribution in [3.8, 4) is 17.6 Å². The fourth-order valence-electron chi connectivity index (χ4n) is 5.43. The van der Waals surface area contributed by atoms with Gasteiger partial charge in [0.05, 0.1) is 11.5 Å². The number of benzene rings is 1. The van der Waals surface area contributed by atoms with Crippen molar-refractivity contribution in [2.24, 2.45) is 35.3 Å². The van der Waals surface area contributed by atoms with Gasteiger partial charge in [-0.1, -0.05) is 25.7 Å². The number of phenols is 1. The molecule has 1 aromatic carbocycles. The van der Waals surface area contributed by atoms with Crippen molar-refractivity contribution >= 4 is 29.0 Å². The molecule has 0 radical (unpaired) electrons. The monoisotopic (exact) mass is 451 g/mol. The van der Waals surface area contributed by atoms with Gasteiger partial charge in [-0.3, -0.25) is 24.0 Å². The molecule has 172 valence electrons. The summed E-state index contributed by atoms with van der Waals surface area (Å²) in [7, 11) is 0. The largest absolute Gasteiger partial charge is 0.507 e. The number of phenolic OH excluding ortho intramolecular Hbond substituents is 1. The van der Waals surface area contributed by atoms with Crippen LogP contribution in [-0.2, 0) is 25.6 Å². The molecule has 33 heavy (non-hydrogen) atoms. The Kier molecular flexibility index (Phi) is 5.49. The Morgan fingerprint density at radius 1 is 1.18 bits per heavy atom. The number of aromatic hydroxyl groups is 1. The molecule has 0 spiro atoms. The SMILES string of the molecule is CC(C)CC#Cc1ccc(O)c2c1C[C@H]1C[C@H]3CC(=O)C(C(N)=O)C(=O)[C@@]3(O)C(=O)C1C2=O. The van der Waals surface area contributed by atoms with Gasteiger partial charge in [0, 0.05) is 24.3 Å². The summed E-state index contributed by atoms with van der Waals surface area (Å²) in [6.45, 7) is 4.05. The van der Waals surface area contributed by atoms with Crippen LogP contribution in [-0.4, -0.2) is 44.9 Å². The number of carbonyl (C=O) groups excluding carboxylic acids is 5. The minimum Gasteiger partial charge on any atom is -0.507 e. The van der Waals surface area contributed by atoms with Crippen molar-refractivity contribution in [1.82, 2.24) is 0 Å². The Balaban J connectivity index is 1.78. The van der Waals surface area contributed by atoms with Gasteiger partial charge < -0.3 is 15.9 Å². The fraction of sp³-hybridized carbons (Fsp3) is 0.480. The van der Waals surface area contributed by atoms with Crippen molar-refractivity contribution in [1.29, 1.82) is 0 Å². The van der Waals surface area contributed by atoms with Crippen LogP contribution in [0.25, 0.3) is 0 Å². The third-order valence-electron chi connectivity index (χ3n) is 7.02. The number of aliphatic hydroxyl groups is 1. The molecule has 4 N–H and O–H groups in total. The summed E-state index contributed by atoms with van der Waals surface area (Å²) in [6.07, 6.45) is 0.586. The van der Waals surface area contributed by atoms with E-state index >= 15 is 0 Å². The number of fused-ring (bicyclic) bond motifs is 3. The summed E-state index contributed by atoms with van der Waals surface area (Å²) in [5.74, 6) is -3.65. The van der Waals surface area contributed by atoms with Crippen molar-refractivity contribution < 1.29 is 34.2 Å². The van der Waals surface area contributed by atoms with E-state index in [9.17, 15) is 34.2 Å². The summed E-state index contributed by atoms with van der Waals surface area (Å²) in [5.41, 5.74) is 3.61. The van der Waals surface area contributed by atoms with Crippen molar-refractivity contribution in [2.75, 3.05) is 0 Å². The first-order valence-electron chi connectivity index (χ1n) is 11.0. The molecule has 8 heteroatoms. The third-order valence-corrected chi connectivity index (χ3v) is 7.02. The van der Waals surface area contributed by atoms with Crippen LogP contribution in [0.15, 0.2) is 12.1 Å². The predicted molar refractivity (Wildman–Crippen MR) is 115 cm³/mol. The molecule has 1 aromatic rings. The number of amides is 1. The molecule has 2 fully saturated rings. The van der Waals surface area contributed by atoms with Crippen LogP contribution in [0.3, 0.4) is 0 Å². The quantitative estimate of drug-likeness (QED) is 0.443. The molecule has 2 unspecified atom stereocenters. The highest BCUT2D eigenvalue weighted by Crippen LogP contribution is 2.50. The minimum atomic E-state index is -2.63. The molecule has 8 nitrogen and oxygen atoms in total. The van der Waals surface area contributed by atoms with Crippen LogP contribution in [0.2, 0.25) is 0 Å². The molecule has 0 aliphatic heterocycles. The van der Waals surface area contributed by atoms with Gasteiger partial charge >= 0.3 is 0 Å². The summed E-state index contributed by atoms with van der Waals surface area (Å²) >= 11 is 0. The van der Waals surface area contributed by atoms with Gasteiger partial charge in [0.1, 0.15) is 5.75 Å². The van der Waals surface area contributed by atoms with E-state index in [0.29, 0.717) is 23.5 Å². The first-order chi connectivity index (χ1) is 15.5. The second-order valence-corrected chi connectivity index (χ2v) is 9.63. The molecular weight excluding hydrogens is 426 g/mol. The van der Waals surface area contributed by atoms with Crippen LogP contribution in [0.5, 0.6) is 5.75 Å². The van der Waals surface area contributed by atoms with Crippen molar-refractivity contribution in [3.05, 3.63) is 28.8 Å². The second-order valence-electron chi connectivity index (χ2n) is 9.63. The summed E-state index contributed by atoms with van der Waals surface area (Å²) in [4.78, 5) is 63.8. The molecule has 3 aliphatic rings. The number of primary amides is 1. The maximum Gasteiger partial charge on any atom is 0.235 e. The van der Waals surface area contributed by atoms with Gasteiger partial charge in [0.2, 0.25) is 5.91 Å². The molecule has 5 atom stereocenters. The molecule has 0 bridgehead atoms. The first-order valence-corrected chi connectivity index (χ1v) is 11.0. The summed E-state index contributed by atoms with van der Waals surface area (Å²) in [5, 5.41) is 21.6. The number of carbonyl (C=O) groups is 5. The van der Waals surface area contributed by atoms with E-state index in [1.54, 1.807) is 6.07 Å². The van der Waals surface area contributed by atoms with E-state index in [1.807, 2.05) is 13.8 Å².